The van der Waals surface area contributed by atoms with Crippen molar-refractivity contribution < 1.29 is 68.1 Å². The van der Waals surface area contributed by atoms with E-state index in [-0.39, 0.29) is 105 Å². The Bertz CT molecular complexity index is 2280. The van der Waals surface area contributed by atoms with Crippen LogP contribution < -0.4 is 10.6 Å². The van der Waals surface area contributed by atoms with Gasteiger partial charge in [0.2, 0.25) is 11.8 Å². The molecule has 1 aromatic rings. The van der Waals surface area contributed by atoms with Gasteiger partial charge in [-0.15, -0.1) is 0 Å². The van der Waals surface area contributed by atoms with Gasteiger partial charge in [0.05, 0.1) is 35.5 Å². The maximum absolute atomic E-state index is 13.2. The van der Waals surface area contributed by atoms with Gasteiger partial charge in [0.15, 0.2) is 13.2 Å². The molecule has 0 aromatic carbocycles. The SMILES string of the molecule is CC1CCC(=O)NCCNC(=O)CC[C@@H](C)[C@H]2CC[C@H]3[C@@H]4[C@H](O)C[C@@H]5C[C@@H](CC[C@]5(C)[C@H]4C[C@H](O)[C@]23C)OC(=O)COC(=O)c2cncc(c2)C(=O)OCC(=O)O[C@@H]2CC[C@@]3(C)[C@@H](C2)C[C@@H](O)[C@@H]2[C@@H]3C[C@H](O)[C@]3(C)[C@@H]1CC[C@@H]23. The number of carbonyl (C=O) groups excluding carboxylic acids is 6. The van der Waals surface area contributed by atoms with E-state index in [1.54, 1.807) is 0 Å². The first-order valence-electron chi connectivity index (χ1n) is 30.0. The van der Waals surface area contributed by atoms with E-state index in [1.807, 2.05) is 0 Å². The lowest BCUT2D eigenvalue weighted by atomic mass is 9.43. The Morgan fingerprint density at radius 1 is 0.513 bits per heavy atom. The molecule has 17 heteroatoms. The normalized spacial score (nSPS) is 46.9. The van der Waals surface area contributed by atoms with Crippen LogP contribution in [0, 0.1) is 92.7 Å². The zero-order chi connectivity index (χ0) is 55.6. The molecule has 1 unspecified atom stereocenters. The van der Waals surface area contributed by atoms with Gasteiger partial charge >= 0.3 is 23.9 Å². The number of nitrogens with zero attached hydrogens (tertiary/aromatic N) is 1. The highest BCUT2D eigenvalue weighted by molar-refractivity contribution is 5.95. The molecule has 15 aliphatic rings. The number of hydrogen-bond acceptors (Lipinski definition) is 15. The van der Waals surface area contributed by atoms with Crippen molar-refractivity contribution in [2.75, 3.05) is 26.3 Å². The number of carbonyl (C=O) groups is 6. The number of esters is 4. The van der Waals surface area contributed by atoms with Crippen LogP contribution in [0.1, 0.15) is 178 Å². The number of pyridine rings is 1. The molecule has 0 spiro atoms. The van der Waals surface area contributed by atoms with Crippen LogP contribution in [0.25, 0.3) is 0 Å². The highest BCUT2D eigenvalue weighted by Gasteiger charge is 2.68. The second-order valence-corrected chi connectivity index (χ2v) is 27.3. The summed E-state index contributed by atoms with van der Waals surface area (Å²) in [5, 5.41) is 54.5. The van der Waals surface area contributed by atoms with Crippen molar-refractivity contribution in [2.24, 2.45) is 92.7 Å². The van der Waals surface area contributed by atoms with Crippen LogP contribution in [-0.4, -0.2) is 124 Å². The highest BCUT2D eigenvalue weighted by Crippen LogP contribution is 2.70. The van der Waals surface area contributed by atoms with E-state index in [0.29, 0.717) is 90.1 Å². The number of aliphatic hydroxyl groups is 4. The summed E-state index contributed by atoms with van der Waals surface area (Å²) in [6, 6.07) is 1.22. The largest absolute Gasteiger partial charge is 0.460 e. The van der Waals surface area contributed by atoms with E-state index < -0.39 is 84.5 Å². The van der Waals surface area contributed by atoms with Crippen LogP contribution in [0.4, 0.5) is 0 Å². The molecule has 8 aliphatic carbocycles. The molecule has 2 amide bonds. The minimum atomic E-state index is -0.900. The number of ether oxygens (including phenoxy) is 4. The summed E-state index contributed by atoms with van der Waals surface area (Å²) in [7, 11) is 0. The smallest absolute Gasteiger partial charge is 0.344 e. The lowest BCUT2D eigenvalue weighted by Gasteiger charge is -2.63. The zero-order valence-corrected chi connectivity index (χ0v) is 47.0. The third kappa shape index (κ3) is 10.3. The molecular formula is C61H89N3O14. The molecule has 1 aromatic heterocycles. The number of amides is 2. The summed E-state index contributed by atoms with van der Waals surface area (Å²) < 4.78 is 22.4. The van der Waals surface area contributed by atoms with E-state index in [1.165, 1.54) is 18.5 Å². The molecule has 6 N–H and O–H groups in total. The van der Waals surface area contributed by atoms with Gasteiger partial charge in [-0.1, -0.05) is 41.5 Å². The second-order valence-electron chi connectivity index (χ2n) is 27.3. The van der Waals surface area contributed by atoms with Crippen LogP contribution in [0.5, 0.6) is 0 Å². The molecule has 16 rings (SSSR count). The minimum absolute atomic E-state index is 0.0208. The van der Waals surface area contributed by atoms with E-state index in [4.69, 9.17) is 18.9 Å². The minimum Gasteiger partial charge on any atom is -0.460 e. The summed E-state index contributed by atoms with van der Waals surface area (Å²) in [4.78, 5) is 83.1. The maximum Gasteiger partial charge on any atom is 0.344 e. The van der Waals surface area contributed by atoms with Gasteiger partial charge < -0.3 is 50.0 Å². The number of nitrogens with one attached hydrogen (secondary N) is 2. The van der Waals surface area contributed by atoms with Crippen molar-refractivity contribution >= 4 is 35.7 Å². The molecule has 8 fully saturated rings. The van der Waals surface area contributed by atoms with Crippen LogP contribution in [-0.2, 0) is 38.1 Å². The Balaban J connectivity index is 0.807. The maximum atomic E-state index is 13.2. The van der Waals surface area contributed by atoms with Crippen LogP contribution >= 0.6 is 0 Å². The molecular weight excluding hydrogens is 999 g/mol. The summed E-state index contributed by atoms with van der Waals surface area (Å²) in [5.74, 6) is -2.10. The van der Waals surface area contributed by atoms with Gasteiger partial charge in [-0.05, 0) is 201 Å². The molecule has 22 atom stereocenters. The first kappa shape index (κ1) is 57.1. The average molecular weight is 1090 g/mol. The Labute approximate surface area is 460 Å². The monoisotopic (exact) mass is 1090 g/mol. The first-order valence-corrected chi connectivity index (χ1v) is 30.0. The zero-order valence-electron chi connectivity index (χ0n) is 47.0. The average Bonchev–Trinajstić information content (AvgIpc) is 3.63. The molecule has 8 saturated carbocycles. The quantitative estimate of drug-likeness (QED) is 0.120. The van der Waals surface area contributed by atoms with E-state index in [0.717, 1.165) is 38.5 Å². The van der Waals surface area contributed by atoms with Gasteiger partial charge in [-0.3, -0.25) is 14.6 Å². The predicted molar refractivity (Wildman–Crippen MR) is 283 cm³/mol. The van der Waals surface area contributed by atoms with Gasteiger partial charge in [-0.25, -0.2) is 19.2 Å². The summed E-state index contributed by atoms with van der Waals surface area (Å²) in [6.45, 7) is 12.7. The molecule has 18 bridgehead atoms. The summed E-state index contributed by atoms with van der Waals surface area (Å²) in [5.41, 5.74) is -1.39. The predicted octanol–water partition coefficient (Wildman–Crippen LogP) is 6.50. The Hall–Kier alpha value is -4.19. The standard InChI is InChI=1S/C61H89N3O14/c1-32-7-13-50(69)63-19-20-64-51(70)14-8-33(2)41-10-12-43-55-45(27-49(68)61(41,43)6)59(4)18-16-39(23-37(59)25-47(55)66)78-53(72)31-76-57(74)35-21-34(28-62-29-35)56(73)75-30-52(71)77-38-15-17-58(3)36(22-38)24-46(65)54-42-11-9-40(32)60(42,5)48(67)26-44(54)58/h21,28-29,32-33,36-49,54-55,65-68H,7-20,22-27,30-31H2,1-6H3,(H,63,69)(H,64,70)/t32-,33?,36+,37+,38-,39-,40-,41-,42+,43+,44+,45+,46-,47-,48+,49+,54+,55+,58+,59+,60-,61-/m1/s1. The Morgan fingerprint density at radius 3 is 1.32 bits per heavy atom. The topological polar surface area (TPSA) is 257 Å². The summed E-state index contributed by atoms with van der Waals surface area (Å²) in [6.07, 6.45) is 10.9. The molecule has 0 saturated heterocycles. The van der Waals surface area contributed by atoms with Gasteiger partial charge in [0.25, 0.3) is 0 Å². The fraction of sp³-hybridized carbons (Fsp3) is 0.820. The third-order valence-corrected chi connectivity index (χ3v) is 23.9. The van der Waals surface area contributed by atoms with Crippen molar-refractivity contribution in [1.82, 2.24) is 15.6 Å². The Morgan fingerprint density at radius 2 is 0.910 bits per heavy atom. The molecule has 0 radical (unpaired) electrons. The van der Waals surface area contributed by atoms with E-state index in [2.05, 4.69) is 57.2 Å². The molecule has 78 heavy (non-hydrogen) atoms. The van der Waals surface area contributed by atoms with Crippen LogP contribution in [0.3, 0.4) is 0 Å². The van der Waals surface area contributed by atoms with Crippen molar-refractivity contribution in [2.45, 2.75) is 194 Å². The molecule has 8 heterocycles. The van der Waals surface area contributed by atoms with Gasteiger partial charge in [0.1, 0.15) is 12.2 Å². The van der Waals surface area contributed by atoms with Crippen molar-refractivity contribution in [3.63, 3.8) is 0 Å². The highest BCUT2D eigenvalue weighted by atomic mass is 16.6. The molecule has 7 aliphatic heterocycles. The fourth-order valence-electron chi connectivity index (χ4n) is 19.7. The molecule has 17 nitrogen and oxygen atoms in total. The van der Waals surface area contributed by atoms with Crippen LogP contribution in [0.2, 0.25) is 0 Å². The second kappa shape index (κ2) is 22.3. The van der Waals surface area contributed by atoms with E-state index >= 15 is 0 Å². The van der Waals surface area contributed by atoms with Crippen LogP contribution in [0.15, 0.2) is 18.5 Å². The number of hydrogen-bond donors (Lipinski definition) is 6. The number of aliphatic hydroxyl groups excluding tert-OH is 4. The fourth-order valence-corrected chi connectivity index (χ4v) is 19.7. The molecule has 432 valence electrons. The third-order valence-electron chi connectivity index (χ3n) is 23.9. The number of aromatic nitrogens is 1. The van der Waals surface area contributed by atoms with Gasteiger partial charge in [-0.2, -0.15) is 0 Å². The lowest BCUT2D eigenvalue weighted by Crippen LogP contribution is -2.62. The Kier molecular flexibility index (Phi) is 16.3. The van der Waals surface area contributed by atoms with E-state index in [9.17, 15) is 49.2 Å². The van der Waals surface area contributed by atoms with Crippen molar-refractivity contribution in [3.05, 3.63) is 29.6 Å². The van der Waals surface area contributed by atoms with Crippen molar-refractivity contribution in [1.29, 1.82) is 0 Å². The summed E-state index contributed by atoms with van der Waals surface area (Å²) >= 11 is 0. The first-order chi connectivity index (χ1) is 37.1. The van der Waals surface area contributed by atoms with Crippen molar-refractivity contribution in [3.8, 4) is 0 Å². The van der Waals surface area contributed by atoms with Gasteiger partial charge in [0, 0.05) is 38.3 Å². The number of rotatable bonds is 0. The lowest BCUT2D eigenvalue weighted by molar-refractivity contribution is -0.210.